The Balaban J connectivity index is 1.32. The predicted molar refractivity (Wildman–Crippen MR) is 120 cm³/mol. The smallest absolute Gasteiger partial charge is 0.414 e. The Labute approximate surface area is 199 Å². The zero-order valence-electron chi connectivity index (χ0n) is 18.8. The Bertz CT molecular complexity index is 1120. The van der Waals surface area contributed by atoms with Gasteiger partial charge in [-0.1, -0.05) is 6.07 Å². The summed E-state index contributed by atoms with van der Waals surface area (Å²) in [5, 5.41) is 2.59. The van der Waals surface area contributed by atoms with Crippen LogP contribution in [0.5, 0.6) is 0 Å². The van der Waals surface area contributed by atoms with E-state index >= 15 is 0 Å². The number of rotatable bonds is 8. The fraction of sp³-hybridized carbons (Fsp3) is 0.375. The molecule has 0 bridgehead atoms. The molecule has 2 aliphatic heterocycles. The number of amides is 2. The van der Waals surface area contributed by atoms with Crippen LogP contribution in [0.15, 0.2) is 36.4 Å². The number of halogens is 3. The molecule has 4 rings (SSSR count). The lowest BCUT2D eigenvalue weighted by Crippen LogP contribution is -2.39. The molecule has 2 heterocycles. The van der Waals surface area contributed by atoms with Crippen molar-refractivity contribution in [1.82, 2.24) is 5.32 Å². The van der Waals surface area contributed by atoms with Crippen molar-refractivity contribution in [2.24, 2.45) is 0 Å². The van der Waals surface area contributed by atoms with Crippen LogP contribution in [0.4, 0.5) is 29.3 Å². The van der Waals surface area contributed by atoms with Crippen LogP contribution in [-0.2, 0) is 14.3 Å². The highest BCUT2D eigenvalue weighted by atomic mass is 19.1. The van der Waals surface area contributed by atoms with Crippen LogP contribution in [0.2, 0.25) is 0 Å². The van der Waals surface area contributed by atoms with E-state index in [-0.39, 0.29) is 31.5 Å². The second kappa shape index (κ2) is 10.8. The monoisotopic (exact) mass is 491 g/mol. The van der Waals surface area contributed by atoms with E-state index in [1.165, 1.54) is 17.0 Å². The molecule has 0 aromatic heterocycles. The van der Waals surface area contributed by atoms with E-state index < -0.39 is 41.3 Å². The van der Waals surface area contributed by atoms with Crippen molar-refractivity contribution in [3.05, 3.63) is 59.4 Å². The van der Waals surface area contributed by atoms with Crippen molar-refractivity contribution in [3.63, 3.8) is 0 Å². The van der Waals surface area contributed by atoms with Crippen LogP contribution in [0, 0.1) is 17.5 Å². The minimum atomic E-state index is -0.984. The maximum absolute atomic E-state index is 14.7. The number of morpholine rings is 1. The van der Waals surface area contributed by atoms with Crippen LogP contribution in [0.1, 0.15) is 23.2 Å². The van der Waals surface area contributed by atoms with Crippen molar-refractivity contribution < 1.29 is 37.0 Å². The van der Waals surface area contributed by atoms with Crippen molar-refractivity contribution in [2.45, 2.75) is 18.9 Å². The molecule has 1 atom stereocenters. The molecule has 1 unspecified atom stereocenters. The fourth-order valence-corrected chi connectivity index (χ4v) is 4.04. The first kappa shape index (κ1) is 24.5. The summed E-state index contributed by atoms with van der Waals surface area (Å²) >= 11 is 0. The lowest BCUT2D eigenvalue weighted by atomic mass is 10.1. The predicted octanol–water partition coefficient (Wildman–Crippen LogP) is 3.05. The van der Waals surface area contributed by atoms with Gasteiger partial charge in [0.1, 0.15) is 23.6 Å². The number of cyclic esters (lactones) is 1. The summed E-state index contributed by atoms with van der Waals surface area (Å²) in [6, 6.07) is 7.09. The van der Waals surface area contributed by atoms with Gasteiger partial charge in [0.25, 0.3) is 0 Å². The van der Waals surface area contributed by atoms with E-state index in [0.717, 1.165) is 12.1 Å². The third-order valence-corrected chi connectivity index (χ3v) is 5.80. The average molecular weight is 491 g/mol. The molecule has 2 fully saturated rings. The third kappa shape index (κ3) is 5.73. The number of hydrogen-bond acceptors (Lipinski definition) is 6. The fourth-order valence-electron chi connectivity index (χ4n) is 4.04. The van der Waals surface area contributed by atoms with Crippen LogP contribution in [0.25, 0.3) is 0 Å². The quantitative estimate of drug-likeness (QED) is 0.572. The summed E-state index contributed by atoms with van der Waals surface area (Å²) in [5.74, 6) is -3.36. The standard InChI is InChI=1S/C24H24F3N3O5/c25-15-4-5-17(19(27)12-15)21(31)6-7-22(32)28-13-16-14-30(24(33)35-16)20-3-1-2-18(26)23(20)29-8-10-34-11-9-29/h1-5,12,16H,6-11,13-14H2,(H,28,32). The van der Waals surface area contributed by atoms with Crippen LogP contribution < -0.4 is 15.1 Å². The van der Waals surface area contributed by atoms with E-state index in [4.69, 9.17) is 9.47 Å². The molecule has 11 heteroatoms. The number of carbonyl (C=O) groups is 3. The Morgan fingerprint density at radius 1 is 1.03 bits per heavy atom. The van der Waals surface area contributed by atoms with Crippen molar-refractivity contribution in [2.75, 3.05) is 49.2 Å². The van der Waals surface area contributed by atoms with Gasteiger partial charge in [0, 0.05) is 32.0 Å². The summed E-state index contributed by atoms with van der Waals surface area (Å²) in [4.78, 5) is 40.0. The summed E-state index contributed by atoms with van der Waals surface area (Å²) < 4.78 is 52.1. The summed E-state index contributed by atoms with van der Waals surface area (Å²) in [5.41, 5.74) is 0.382. The Morgan fingerprint density at radius 3 is 2.54 bits per heavy atom. The summed E-state index contributed by atoms with van der Waals surface area (Å²) in [6.45, 7) is 1.95. The van der Waals surface area contributed by atoms with Gasteiger partial charge in [-0.25, -0.2) is 18.0 Å². The average Bonchev–Trinajstić information content (AvgIpc) is 3.22. The number of Topliss-reactive ketones (excluding diaryl/α,β-unsaturated/α-hetero) is 1. The molecule has 2 amide bonds. The molecule has 1 N–H and O–H groups in total. The largest absolute Gasteiger partial charge is 0.442 e. The SMILES string of the molecule is O=C(CCC(=O)c1ccc(F)cc1F)NCC1CN(c2cccc(F)c2N2CCOCC2)C(=O)O1. The molecule has 8 nitrogen and oxygen atoms in total. The van der Waals surface area contributed by atoms with E-state index in [2.05, 4.69) is 5.32 Å². The second-order valence-corrected chi connectivity index (χ2v) is 8.17. The molecule has 0 radical (unpaired) electrons. The first-order valence-corrected chi connectivity index (χ1v) is 11.2. The molecule has 2 aromatic carbocycles. The minimum Gasteiger partial charge on any atom is -0.442 e. The van der Waals surface area contributed by atoms with Gasteiger partial charge >= 0.3 is 6.09 Å². The van der Waals surface area contributed by atoms with Crippen LogP contribution >= 0.6 is 0 Å². The molecule has 0 saturated carbocycles. The Morgan fingerprint density at radius 2 is 1.80 bits per heavy atom. The number of nitrogens with one attached hydrogen (secondary N) is 1. The molecule has 2 saturated heterocycles. The molecule has 0 aliphatic carbocycles. The van der Waals surface area contributed by atoms with Crippen molar-refractivity contribution in [1.29, 1.82) is 0 Å². The first-order valence-electron chi connectivity index (χ1n) is 11.2. The molecule has 0 spiro atoms. The number of hydrogen-bond donors (Lipinski definition) is 1. The van der Waals surface area contributed by atoms with Gasteiger partial charge in [-0.15, -0.1) is 0 Å². The molecular formula is C24H24F3N3O5. The maximum Gasteiger partial charge on any atom is 0.414 e. The minimum absolute atomic E-state index is 0.0115. The Kier molecular flexibility index (Phi) is 7.54. The first-order chi connectivity index (χ1) is 16.8. The molecular weight excluding hydrogens is 467 g/mol. The van der Waals surface area contributed by atoms with Gasteiger partial charge in [-0.3, -0.25) is 14.5 Å². The number of ether oxygens (including phenoxy) is 2. The van der Waals surface area contributed by atoms with E-state index in [0.29, 0.717) is 43.7 Å². The summed E-state index contributed by atoms with van der Waals surface area (Å²) in [6.07, 6.45) is -1.83. The number of carbonyl (C=O) groups excluding carboxylic acids is 3. The van der Waals surface area contributed by atoms with E-state index in [1.54, 1.807) is 6.07 Å². The lowest BCUT2D eigenvalue weighted by molar-refractivity contribution is -0.121. The van der Waals surface area contributed by atoms with Gasteiger partial charge in [-0.2, -0.15) is 0 Å². The summed E-state index contributed by atoms with van der Waals surface area (Å²) in [7, 11) is 0. The highest BCUT2D eigenvalue weighted by Crippen LogP contribution is 2.35. The van der Waals surface area contributed by atoms with Crippen molar-refractivity contribution in [3.8, 4) is 0 Å². The van der Waals surface area contributed by atoms with Gasteiger partial charge in [-0.05, 0) is 24.3 Å². The van der Waals surface area contributed by atoms with Crippen molar-refractivity contribution >= 4 is 29.2 Å². The zero-order valence-corrected chi connectivity index (χ0v) is 18.8. The van der Waals surface area contributed by atoms with E-state index in [9.17, 15) is 27.6 Å². The number of ketones is 1. The maximum atomic E-state index is 14.7. The zero-order chi connectivity index (χ0) is 24.9. The number of anilines is 2. The molecule has 2 aromatic rings. The lowest BCUT2D eigenvalue weighted by Gasteiger charge is -2.32. The van der Waals surface area contributed by atoms with Gasteiger partial charge in [0.15, 0.2) is 5.78 Å². The molecule has 2 aliphatic rings. The number of benzene rings is 2. The van der Waals surface area contributed by atoms with Crippen LogP contribution in [-0.4, -0.2) is 63.3 Å². The third-order valence-electron chi connectivity index (χ3n) is 5.80. The van der Waals surface area contributed by atoms with Gasteiger partial charge in [0.05, 0.1) is 43.2 Å². The number of para-hydroxylation sites is 1. The normalized spacial score (nSPS) is 17.9. The van der Waals surface area contributed by atoms with Crippen LogP contribution in [0.3, 0.4) is 0 Å². The van der Waals surface area contributed by atoms with E-state index in [1.807, 2.05) is 4.90 Å². The second-order valence-electron chi connectivity index (χ2n) is 8.17. The molecule has 186 valence electrons. The highest BCUT2D eigenvalue weighted by molar-refractivity contribution is 5.98. The molecule has 35 heavy (non-hydrogen) atoms. The van der Waals surface area contributed by atoms with Gasteiger partial charge < -0.3 is 19.7 Å². The topological polar surface area (TPSA) is 88.2 Å². The van der Waals surface area contributed by atoms with Gasteiger partial charge in [0.2, 0.25) is 5.91 Å². The Hall–Kier alpha value is -3.60. The highest BCUT2D eigenvalue weighted by Gasteiger charge is 2.35. The number of nitrogens with zero attached hydrogens (tertiary/aromatic N) is 2.